The van der Waals surface area contributed by atoms with Crippen LogP contribution in [0.5, 0.6) is 0 Å². The number of thiazole rings is 1. The second kappa shape index (κ2) is 13.4. The van der Waals surface area contributed by atoms with Gasteiger partial charge in [0.2, 0.25) is 5.52 Å². The van der Waals surface area contributed by atoms with Crippen LogP contribution >= 0.6 is 34.7 Å². The summed E-state index contributed by atoms with van der Waals surface area (Å²) in [6.45, 7) is 8.43. The van der Waals surface area contributed by atoms with Gasteiger partial charge >= 0.3 is 0 Å². The lowest BCUT2D eigenvalue weighted by molar-refractivity contribution is -0.665. The number of aryl methyl sites for hydroxylation is 2. The molecule has 46 heavy (non-hydrogen) atoms. The Morgan fingerprint density at radius 2 is 1.59 bits per heavy atom. The number of nitrogens with zero attached hydrogens (tertiary/aromatic N) is 3. The molecule has 6 heteroatoms. The van der Waals surface area contributed by atoms with Crippen molar-refractivity contribution in [3.8, 4) is 0 Å². The number of para-hydroxylation sites is 2. The maximum atomic E-state index is 6.40. The fourth-order valence-electron chi connectivity index (χ4n) is 6.41. The lowest BCUT2D eigenvalue weighted by Crippen LogP contribution is -2.33. The topological polar surface area (TPSA) is 10.4 Å². The molecule has 0 saturated heterocycles. The van der Waals surface area contributed by atoms with Crippen LogP contribution in [0.25, 0.3) is 16.3 Å². The first-order chi connectivity index (χ1) is 22.5. The van der Waals surface area contributed by atoms with Crippen LogP contribution in [0.2, 0.25) is 5.02 Å². The van der Waals surface area contributed by atoms with Gasteiger partial charge in [-0.3, -0.25) is 0 Å². The van der Waals surface area contributed by atoms with Gasteiger partial charge < -0.3 is 9.80 Å². The van der Waals surface area contributed by atoms with Crippen LogP contribution in [0.1, 0.15) is 37.3 Å². The molecule has 1 aliphatic carbocycles. The van der Waals surface area contributed by atoms with Gasteiger partial charge in [-0.1, -0.05) is 83.2 Å². The number of benzene rings is 4. The summed E-state index contributed by atoms with van der Waals surface area (Å²) in [5.74, 6) is 0. The van der Waals surface area contributed by atoms with Crippen molar-refractivity contribution in [1.82, 2.24) is 0 Å². The molecular weight excluding hydrogens is 622 g/mol. The third kappa shape index (κ3) is 5.95. The van der Waals surface area contributed by atoms with Gasteiger partial charge in [-0.2, -0.15) is 4.57 Å². The van der Waals surface area contributed by atoms with Crippen LogP contribution in [0.3, 0.4) is 0 Å². The predicted octanol–water partition coefficient (Wildman–Crippen LogP) is 11.5. The number of thioether (sulfide) groups is 1. The zero-order chi connectivity index (χ0) is 31.6. The molecule has 1 aliphatic heterocycles. The molecule has 0 radical (unpaired) electrons. The Morgan fingerprint density at radius 3 is 2.28 bits per heavy atom. The Labute approximate surface area is 285 Å². The lowest BCUT2D eigenvalue weighted by Gasteiger charge is -2.28. The Balaban J connectivity index is 1.36. The molecule has 7 rings (SSSR count). The van der Waals surface area contributed by atoms with Crippen LogP contribution in [0.15, 0.2) is 142 Å². The van der Waals surface area contributed by atoms with Gasteiger partial charge in [-0.15, -0.1) is 0 Å². The third-order valence-electron chi connectivity index (χ3n) is 8.59. The smallest absolute Gasteiger partial charge is 0.262 e. The summed E-state index contributed by atoms with van der Waals surface area (Å²) in [4.78, 5) is 6.05. The second-order valence-corrected chi connectivity index (χ2v) is 14.1. The molecule has 0 amide bonds. The van der Waals surface area contributed by atoms with E-state index in [4.69, 9.17) is 11.6 Å². The lowest BCUT2D eigenvalue weighted by atomic mass is 10.1. The summed E-state index contributed by atoms with van der Waals surface area (Å²) in [5, 5.41) is 3.28. The van der Waals surface area contributed by atoms with E-state index in [2.05, 4.69) is 150 Å². The van der Waals surface area contributed by atoms with Crippen molar-refractivity contribution in [2.45, 2.75) is 45.1 Å². The number of rotatable bonds is 8. The second-order valence-electron chi connectivity index (χ2n) is 11.5. The Morgan fingerprint density at radius 1 is 0.848 bits per heavy atom. The van der Waals surface area contributed by atoms with Crippen molar-refractivity contribution >= 4 is 68.1 Å². The van der Waals surface area contributed by atoms with Crippen molar-refractivity contribution in [2.24, 2.45) is 0 Å². The van der Waals surface area contributed by atoms with E-state index in [9.17, 15) is 0 Å². The molecule has 3 nitrogen and oxygen atoms in total. The van der Waals surface area contributed by atoms with Gasteiger partial charge in [0.15, 0.2) is 0 Å². The summed E-state index contributed by atoms with van der Waals surface area (Å²) >= 11 is 10.1. The maximum Gasteiger partial charge on any atom is 0.262 e. The van der Waals surface area contributed by atoms with Crippen molar-refractivity contribution in [1.29, 1.82) is 0 Å². The van der Waals surface area contributed by atoms with E-state index in [0.29, 0.717) is 0 Å². The quantitative estimate of drug-likeness (QED) is 0.154. The number of allylic oxidation sites excluding steroid dienone is 5. The average molecular weight is 659 g/mol. The number of hydrogen-bond acceptors (Lipinski definition) is 4. The highest BCUT2D eigenvalue weighted by atomic mass is 35.5. The molecule has 2 aliphatic rings. The Hall–Kier alpha value is -4.03. The molecule has 230 valence electrons. The molecule has 2 heterocycles. The van der Waals surface area contributed by atoms with Gasteiger partial charge in [0.25, 0.3) is 5.01 Å². The summed E-state index contributed by atoms with van der Waals surface area (Å²) in [7, 11) is 0. The molecule has 5 aromatic rings. The zero-order valence-corrected chi connectivity index (χ0v) is 28.8. The fraction of sp³-hybridized carbons (Fsp3) is 0.175. The fourth-order valence-corrected chi connectivity index (χ4v) is 8.80. The molecule has 0 N–H and O–H groups in total. The molecular formula is C40H37ClN3S2+. The van der Waals surface area contributed by atoms with Crippen molar-refractivity contribution in [3.63, 3.8) is 0 Å². The van der Waals surface area contributed by atoms with Gasteiger partial charge in [0, 0.05) is 40.0 Å². The van der Waals surface area contributed by atoms with E-state index in [1.54, 1.807) is 0 Å². The number of anilines is 3. The molecule has 0 fully saturated rings. The number of fused-ring (bicyclic) bond motifs is 2. The minimum absolute atomic E-state index is 0.773. The van der Waals surface area contributed by atoms with Crippen molar-refractivity contribution < 1.29 is 4.57 Å². The van der Waals surface area contributed by atoms with E-state index in [1.165, 1.54) is 53.2 Å². The number of hydrogen-bond donors (Lipinski definition) is 0. The van der Waals surface area contributed by atoms with E-state index < -0.39 is 0 Å². The van der Waals surface area contributed by atoms with E-state index in [-0.39, 0.29) is 0 Å². The highest BCUT2D eigenvalue weighted by Gasteiger charge is 2.28. The van der Waals surface area contributed by atoms with Gasteiger partial charge in [-0.05, 0) is 111 Å². The summed E-state index contributed by atoms with van der Waals surface area (Å²) in [6, 6.07) is 34.5. The SMILES string of the molecule is CCN1/C(=C/C=C2\CCC(/C=C/c3sc4ccc(C)cc4[n+]3CC)=C2N(c2ccccc2)c2ccccc2)Sc2ccc(Cl)cc21. The molecule has 0 atom stereocenters. The van der Waals surface area contributed by atoms with Crippen LogP contribution in [0, 0.1) is 6.92 Å². The first-order valence-electron chi connectivity index (χ1n) is 15.9. The average Bonchev–Trinajstić information content (AvgIpc) is 3.75. The highest BCUT2D eigenvalue weighted by molar-refractivity contribution is 8.03. The van der Waals surface area contributed by atoms with E-state index in [1.807, 2.05) is 29.2 Å². The van der Waals surface area contributed by atoms with Crippen LogP contribution in [0.4, 0.5) is 17.1 Å². The van der Waals surface area contributed by atoms with Crippen molar-refractivity contribution in [2.75, 3.05) is 16.3 Å². The standard InChI is InChI=1S/C40H37ClN3S2/c1-4-42-34-26-28(3)16-22-36(34)45-38(42)24-19-29-17-18-30(20-25-39-43(5-2)35-27-31(41)21-23-37(35)46-39)40(29)44(32-12-8-6-9-13-32)33-14-10-7-11-15-33/h6-16,19-27H,4-5,17-18H2,1-3H3/q+1. The van der Waals surface area contributed by atoms with Gasteiger partial charge in [0.05, 0.1) is 16.4 Å². The highest BCUT2D eigenvalue weighted by Crippen LogP contribution is 2.47. The van der Waals surface area contributed by atoms with Gasteiger partial charge in [-0.25, -0.2) is 0 Å². The molecule has 0 unspecified atom stereocenters. The molecule has 0 saturated carbocycles. The summed E-state index contributed by atoms with van der Waals surface area (Å²) in [6.07, 6.45) is 11.3. The van der Waals surface area contributed by atoms with Crippen LogP contribution in [-0.2, 0) is 6.54 Å². The minimum Gasteiger partial charge on any atom is -0.335 e. The minimum atomic E-state index is 0.773. The normalized spacial score (nSPS) is 16.5. The number of aromatic nitrogens is 1. The van der Waals surface area contributed by atoms with E-state index >= 15 is 0 Å². The maximum absolute atomic E-state index is 6.40. The first kappa shape index (κ1) is 30.6. The molecule has 4 aromatic carbocycles. The monoisotopic (exact) mass is 658 g/mol. The Kier molecular flexibility index (Phi) is 8.90. The third-order valence-corrected chi connectivity index (χ3v) is 11.1. The first-order valence-corrected chi connectivity index (χ1v) is 18.0. The summed E-state index contributed by atoms with van der Waals surface area (Å²) in [5.41, 5.74) is 10.0. The molecule has 0 bridgehead atoms. The van der Waals surface area contributed by atoms with Crippen molar-refractivity contribution in [3.05, 3.63) is 153 Å². The molecule has 0 spiro atoms. The predicted molar refractivity (Wildman–Crippen MR) is 199 cm³/mol. The zero-order valence-electron chi connectivity index (χ0n) is 26.4. The Bertz CT molecular complexity index is 1980. The largest absolute Gasteiger partial charge is 0.335 e. The van der Waals surface area contributed by atoms with Gasteiger partial charge in [0.1, 0.15) is 11.2 Å². The van der Waals surface area contributed by atoms with Crippen LogP contribution < -0.4 is 14.4 Å². The van der Waals surface area contributed by atoms with E-state index in [0.717, 1.165) is 42.3 Å². The number of halogens is 1. The summed E-state index contributed by atoms with van der Waals surface area (Å²) < 4.78 is 3.76. The van der Waals surface area contributed by atoms with Crippen LogP contribution in [-0.4, -0.2) is 6.54 Å². The molecule has 1 aromatic heterocycles.